The van der Waals surface area contributed by atoms with Crippen LogP contribution in [-0.2, 0) is 70.1 Å². The van der Waals surface area contributed by atoms with E-state index in [1.165, 1.54) is 79.6 Å². The van der Waals surface area contributed by atoms with Crippen LogP contribution < -0.4 is 47.7 Å². The van der Waals surface area contributed by atoms with Crippen LogP contribution in [0.2, 0.25) is 0 Å². The summed E-state index contributed by atoms with van der Waals surface area (Å²) in [4.78, 5) is 0. The average molecular weight is 1800 g/mol. The lowest BCUT2D eigenvalue weighted by molar-refractivity contribution is -0.138. The third-order valence-electron chi connectivity index (χ3n) is 23.5. The maximum atomic E-state index is 14.9. The van der Waals surface area contributed by atoms with Crippen molar-refractivity contribution < 1.29 is 39.5 Å². The highest BCUT2D eigenvalue weighted by Gasteiger charge is 2.36. The molecule has 0 unspecified atom stereocenters. The van der Waals surface area contributed by atoms with Crippen molar-refractivity contribution in [2.75, 3.05) is 0 Å². The maximum Gasteiger partial charge on any atom is 0.416 e. The second-order valence-electron chi connectivity index (χ2n) is 33.0. The normalized spacial score (nSPS) is 11.4. The Morgan fingerprint density at radius 1 is 0.167 bits per heavy atom. The van der Waals surface area contributed by atoms with Gasteiger partial charge in [0.25, 0.3) is 0 Å². The molecule has 18 aromatic carbocycles. The van der Waals surface area contributed by atoms with Crippen molar-refractivity contribution in [3.63, 3.8) is 0 Å². The summed E-state index contributed by atoms with van der Waals surface area (Å²) in [6.45, 7) is 1.98. The SMILES string of the molecule is Cc1ccc(P(c2ccc(C(F)(F)F)cc2Cc2ccccc2)c2ccc(C(F)(F)F)cc2Cc2ccccc2)c(Cc2ccccc2)c1.Fc1ccc(P(c2ccc(F)cc2Cc2ccccc2)c2ccc(F)cc2Cc2ccccc2)c(Cc2ccccc2)c1.c1ccc(Cc2ccccc2P(c2ccccc2Cc2ccccc2)c2ccccc2Cc2ccccc2)cc1. The van der Waals surface area contributed by atoms with Gasteiger partial charge in [0, 0.05) is 0 Å². The molecular weight excluding hydrogens is 1710 g/mol. The van der Waals surface area contributed by atoms with Crippen LogP contribution in [0.1, 0.15) is 117 Å². The van der Waals surface area contributed by atoms with Crippen LogP contribution in [0.3, 0.4) is 0 Å². The number of rotatable bonds is 27. The summed E-state index contributed by atoms with van der Waals surface area (Å²) < 4.78 is 130. The molecule has 132 heavy (non-hydrogen) atoms. The lowest BCUT2D eigenvalue weighted by Gasteiger charge is -2.28. The Morgan fingerprint density at radius 2 is 0.333 bits per heavy atom. The lowest BCUT2D eigenvalue weighted by Crippen LogP contribution is -2.29. The molecule has 0 radical (unpaired) electrons. The van der Waals surface area contributed by atoms with Crippen LogP contribution in [0.15, 0.2) is 455 Å². The monoisotopic (exact) mass is 1800 g/mol. The molecule has 0 spiro atoms. The molecule has 0 fully saturated rings. The summed E-state index contributed by atoms with van der Waals surface area (Å²) >= 11 is 0. The fourth-order valence-electron chi connectivity index (χ4n) is 17.2. The molecule has 0 N–H and O–H groups in total. The molecule has 0 bridgehead atoms. The minimum atomic E-state index is -4.57. The predicted octanol–water partition coefficient (Wildman–Crippen LogP) is 27.4. The summed E-state index contributed by atoms with van der Waals surface area (Å²) in [5, 5.41) is 9.52. The zero-order valence-electron chi connectivity index (χ0n) is 72.9. The Labute approximate surface area is 772 Å². The number of benzene rings is 18. The average Bonchev–Trinajstić information content (AvgIpc) is 0.753. The topological polar surface area (TPSA) is 0 Å². The first-order chi connectivity index (χ1) is 64.3. The molecule has 0 saturated carbocycles. The summed E-state index contributed by atoms with van der Waals surface area (Å²) in [6.07, 6.45) is -3.72. The minimum absolute atomic E-state index is 0.230. The summed E-state index contributed by atoms with van der Waals surface area (Å²) in [5.74, 6) is -0.925. The minimum Gasteiger partial charge on any atom is -0.207 e. The number of aryl methyl sites for hydroxylation is 1. The Kier molecular flexibility index (Phi) is 30.7. The van der Waals surface area contributed by atoms with Gasteiger partial charge in [-0.15, -0.1) is 0 Å². The summed E-state index contributed by atoms with van der Waals surface area (Å²) in [5.41, 5.74) is 18.2. The van der Waals surface area contributed by atoms with Gasteiger partial charge in [0.05, 0.1) is 11.1 Å². The second kappa shape index (κ2) is 44.0. The Morgan fingerprint density at radius 3 is 0.553 bits per heavy atom. The molecule has 0 saturated heterocycles. The zero-order valence-corrected chi connectivity index (χ0v) is 75.6. The van der Waals surface area contributed by atoms with Crippen molar-refractivity contribution >= 4 is 71.5 Å². The molecule has 18 aromatic rings. The molecular formula is C120H96F9P3. The van der Waals surface area contributed by atoms with Crippen LogP contribution >= 0.6 is 23.8 Å². The molecule has 18 rings (SSSR count). The van der Waals surface area contributed by atoms with Gasteiger partial charge < -0.3 is 0 Å². The molecule has 0 aliphatic carbocycles. The highest BCUT2D eigenvalue weighted by atomic mass is 31.1. The van der Waals surface area contributed by atoms with Crippen molar-refractivity contribution in [1.82, 2.24) is 0 Å². The van der Waals surface area contributed by atoms with E-state index in [4.69, 9.17) is 0 Å². The van der Waals surface area contributed by atoms with Crippen molar-refractivity contribution in [3.05, 3.63) is 589 Å². The first kappa shape index (κ1) is 91.9. The van der Waals surface area contributed by atoms with E-state index in [1.807, 2.05) is 219 Å². The lowest BCUT2D eigenvalue weighted by atomic mass is 10.0. The first-order valence-electron chi connectivity index (χ1n) is 44.2. The van der Waals surface area contributed by atoms with Crippen molar-refractivity contribution in [2.45, 2.75) is 77.1 Å². The zero-order chi connectivity index (χ0) is 91.2. The largest absolute Gasteiger partial charge is 0.416 e. The van der Waals surface area contributed by atoms with Crippen molar-refractivity contribution in [1.29, 1.82) is 0 Å². The molecule has 0 amide bonds. The van der Waals surface area contributed by atoms with E-state index in [-0.39, 0.29) is 30.3 Å². The molecule has 12 heteroatoms. The molecule has 0 aliphatic heterocycles. The Balaban J connectivity index is 0.000000145. The Bertz CT molecular complexity index is 6280. The highest BCUT2D eigenvalue weighted by molar-refractivity contribution is 7.81. The van der Waals surface area contributed by atoms with Gasteiger partial charge >= 0.3 is 12.4 Å². The number of halogens is 9. The van der Waals surface area contributed by atoms with Crippen LogP contribution in [-0.4, -0.2) is 0 Å². The van der Waals surface area contributed by atoms with Gasteiger partial charge in [0.1, 0.15) is 17.5 Å². The molecule has 0 heterocycles. The van der Waals surface area contributed by atoms with Gasteiger partial charge in [-0.1, -0.05) is 400 Å². The predicted molar refractivity (Wildman–Crippen MR) is 533 cm³/mol. The Hall–Kier alpha value is -13.4. The molecule has 0 aliphatic rings. The molecule has 0 atom stereocenters. The summed E-state index contributed by atoms with van der Waals surface area (Å²) in [7, 11) is -3.77. The van der Waals surface area contributed by atoms with Gasteiger partial charge in [-0.2, -0.15) is 26.3 Å². The first-order valence-corrected chi connectivity index (χ1v) is 48.2. The van der Waals surface area contributed by atoms with Crippen LogP contribution in [0, 0.1) is 24.4 Å². The van der Waals surface area contributed by atoms with Gasteiger partial charge in [-0.05, 0) is 297 Å². The standard InChI is InChI=1S/C42H33F6P.C39H30F3P.C39H33P/c1-29-17-20-38(33(23-29)24-30-11-5-2-6-12-30)49(39-21-18-36(41(43,44)45)27-34(39)25-31-13-7-3-8-14-31)40-22-19-37(42(46,47)48)28-35(40)26-32-15-9-4-10-16-32;40-34-16-19-37(31(25-34)22-28-10-4-1-5-11-28)43(38-20-17-35(41)26-32(38)23-29-12-6-2-7-13-29)39-21-18-36(42)27-33(39)24-30-14-8-3-9-15-30;1-4-16-31(17-5-1)28-34-22-10-13-25-37(34)40(38-26-14-11-23-35(38)29-32-18-6-2-7-19-32)39-27-15-12-24-36(39)30-33-20-8-3-9-21-33/h2-23,27-28H,24-26H2,1H3;1-21,25-27H,22-24H2;1-27H,28-30H2. The van der Waals surface area contributed by atoms with E-state index in [0.29, 0.717) is 47.4 Å². The van der Waals surface area contributed by atoms with Gasteiger partial charge in [-0.25, -0.2) is 13.2 Å². The molecule has 0 nitrogen and oxygen atoms in total. The smallest absolute Gasteiger partial charge is 0.207 e. The third kappa shape index (κ3) is 24.2. The van der Waals surface area contributed by atoms with Gasteiger partial charge in [0.2, 0.25) is 0 Å². The van der Waals surface area contributed by atoms with E-state index in [1.54, 1.807) is 30.3 Å². The number of alkyl halides is 6. The van der Waals surface area contributed by atoms with E-state index < -0.39 is 47.2 Å². The van der Waals surface area contributed by atoms with Crippen molar-refractivity contribution in [3.8, 4) is 0 Å². The van der Waals surface area contributed by atoms with E-state index >= 15 is 0 Å². The second-order valence-corrected chi connectivity index (χ2v) is 39.3. The van der Waals surface area contributed by atoms with E-state index in [0.717, 1.165) is 114 Å². The highest BCUT2D eigenvalue weighted by Crippen LogP contribution is 2.45. The fourth-order valence-corrected chi connectivity index (χ4v) is 25.5. The number of hydrogen-bond acceptors (Lipinski definition) is 0. The fraction of sp³-hybridized carbons (Fsp3) is 0.100. The third-order valence-corrected chi connectivity index (χ3v) is 31.7. The van der Waals surface area contributed by atoms with Gasteiger partial charge in [0.15, 0.2) is 0 Å². The van der Waals surface area contributed by atoms with Crippen molar-refractivity contribution in [2.24, 2.45) is 0 Å². The van der Waals surface area contributed by atoms with E-state index in [9.17, 15) is 39.5 Å². The molecule has 0 aromatic heterocycles. The quantitative estimate of drug-likeness (QED) is 0.0356. The van der Waals surface area contributed by atoms with Gasteiger partial charge in [-0.3, -0.25) is 0 Å². The van der Waals surface area contributed by atoms with Crippen LogP contribution in [0.25, 0.3) is 0 Å². The van der Waals surface area contributed by atoms with Crippen LogP contribution in [0.5, 0.6) is 0 Å². The maximum absolute atomic E-state index is 14.9. The molecule has 654 valence electrons. The summed E-state index contributed by atoms with van der Waals surface area (Å²) in [6, 6.07) is 147. The van der Waals surface area contributed by atoms with Crippen LogP contribution in [0.4, 0.5) is 39.5 Å². The van der Waals surface area contributed by atoms with E-state index in [2.05, 4.69) is 170 Å². The number of hydrogen-bond donors (Lipinski definition) is 0.